The molecule has 4 heteroatoms. The molecule has 0 bridgehead atoms. The Kier molecular flexibility index (Phi) is 4.63. The van der Waals surface area contributed by atoms with Crippen LogP contribution in [-0.4, -0.2) is 29.8 Å². The Bertz CT molecular complexity index is 671. The minimum atomic E-state index is -0.611. The number of para-hydroxylation sites is 1. The van der Waals surface area contributed by atoms with Gasteiger partial charge in [0.1, 0.15) is 5.75 Å². The number of ether oxygens (including phenoxy) is 1. The average molecular weight is 311 g/mol. The Labute approximate surface area is 136 Å². The number of carbonyl (C=O) groups is 1. The van der Waals surface area contributed by atoms with Crippen LogP contribution in [0.1, 0.15) is 24.0 Å². The van der Waals surface area contributed by atoms with Crippen LogP contribution in [0.3, 0.4) is 0 Å². The quantitative estimate of drug-likeness (QED) is 0.890. The molecule has 1 aliphatic rings. The number of nitrogens with one attached hydrogen (secondary N) is 1. The predicted octanol–water partition coefficient (Wildman–Crippen LogP) is 2.27. The van der Waals surface area contributed by atoms with Crippen LogP contribution < -0.4 is 10.1 Å². The van der Waals surface area contributed by atoms with E-state index in [1.54, 1.807) is 0 Å². The zero-order chi connectivity index (χ0) is 16.2. The lowest BCUT2D eigenvalue weighted by molar-refractivity contribution is -0.128. The minimum absolute atomic E-state index is 0.0115. The molecule has 1 amide bonds. The first-order valence-electron chi connectivity index (χ1n) is 7.90. The molecule has 3 atom stereocenters. The zero-order valence-corrected chi connectivity index (χ0v) is 13.1. The van der Waals surface area contributed by atoms with Crippen molar-refractivity contribution >= 4 is 5.91 Å². The summed E-state index contributed by atoms with van der Waals surface area (Å²) < 4.78 is 5.74. The van der Waals surface area contributed by atoms with E-state index in [1.807, 2.05) is 61.5 Å². The molecule has 4 nitrogen and oxygen atoms in total. The molecular weight excluding hydrogens is 290 g/mol. The molecule has 2 aromatic carbocycles. The van der Waals surface area contributed by atoms with E-state index in [-0.39, 0.29) is 18.4 Å². The molecule has 0 radical (unpaired) electrons. The lowest BCUT2D eigenvalue weighted by atomic mass is 9.97. The number of carbonyl (C=O) groups excluding carboxylic acids is 1. The van der Waals surface area contributed by atoms with E-state index in [9.17, 15) is 9.90 Å². The van der Waals surface area contributed by atoms with E-state index >= 15 is 0 Å². The minimum Gasteiger partial charge on any atom is -0.480 e. The third kappa shape index (κ3) is 3.54. The molecule has 3 rings (SSSR count). The van der Waals surface area contributed by atoms with E-state index < -0.39 is 12.2 Å². The van der Waals surface area contributed by atoms with Crippen LogP contribution in [0.15, 0.2) is 54.6 Å². The van der Waals surface area contributed by atoms with Crippen molar-refractivity contribution in [1.29, 1.82) is 0 Å². The molecule has 1 heterocycles. The number of benzene rings is 2. The van der Waals surface area contributed by atoms with Crippen molar-refractivity contribution in [2.24, 2.45) is 0 Å². The Morgan fingerprint density at radius 2 is 1.87 bits per heavy atom. The summed E-state index contributed by atoms with van der Waals surface area (Å²) in [6, 6.07) is 17.4. The molecule has 0 aliphatic carbocycles. The lowest BCUT2D eigenvalue weighted by Crippen LogP contribution is -2.42. The number of aliphatic hydroxyl groups excluding tert-OH is 1. The van der Waals surface area contributed by atoms with Crippen molar-refractivity contribution in [2.75, 3.05) is 6.54 Å². The van der Waals surface area contributed by atoms with Crippen molar-refractivity contribution in [1.82, 2.24) is 5.32 Å². The van der Waals surface area contributed by atoms with Crippen molar-refractivity contribution in [3.05, 3.63) is 65.7 Å². The molecule has 0 fully saturated rings. The van der Waals surface area contributed by atoms with E-state index in [1.165, 1.54) is 0 Å². The highest BCUT2D eigenvalue weighted by atomic mass is 16.5. The van der Waals surface area contributed by atoms with Gasteiger partial charge >= 0.3 is 0 Å². The predicted molar refractivity (Wildman–Crippen MR) is 88.4 cm³/mol. The molecule has 120 valence electrons. The van der Waals surface area contributed by atoms with Crippen LogP contribution >= 0.6 is 0 Å². The second-order valence-electron chi connectivity index (χ2n) is 5.95. The van der Waals surface area contributed by atoms with Gasteiger partial charge in [0.15, 0.2) is 6.10 Å². The van der Waals surface area contributed by atoms with Gasteiger partial charge in [0.25, 0.3) is 5.91 Å². The molecule has 1 aliphatic heterocycles. The second-order valence-corrected chi connectivity index (χ2v) is 5.95. The molecule has 23 heavy (non-hydrogen) atoms. The summed E-state index contributed by atoms with van der Waals surface area (Å²) in [6.45, 7) is 2.20. The van der Waals surface area contributed by atoms with E-state index in [0.29, 0.717) is 6.42 Å². The first-order chi connectivity index (χ1) is 11.1. The first kappa shape index (κ1) is 15.6. The van der Waals surface area contributed by atoms with E-state index in [4.69, 9.17) is 4.74 Å². The van der Waals surface area contributed by atoms with E-state index in [0.717, 1.165) is 16.9 Å². The molecule has 0 saturated carbocycles. The van der Waals surface area contributed by atoms with Crippen LogP contribution in [0.25, 0.3) is 0 Å². The maximum Gasteiger partial charge on any atom is 0.261 e. The largest absolute Gasteiger partial charge is 0.480 e. The third-order valence-electron chi connectivity index (χ3n) is 4.20. The van der Waals surface area contributed by atoms with Crippen LogP contribution in [0.2, 0.25) is 0 Å². The topological polar surface area (TPSA) is 58.6 Å². The Morgan fingerprint density at radius 3 is 2.61 bits per heavy atom. The highest BCUT2D eigenvalue weighted by Gasteiger charge is 2.35. The fourth-order valence-corrected chi connectivity index (χ4v) is 2.92. The van der Waals surface area contributed by atoms with Gasteiger partial charge in [0.05, 0.1) is 6.10 Å². The molecule has 0 saturated heterocycles. The van der Waals surface area contributed by atoms with Gasteiger partial charge < -0.3 is 15.2 Å². The number of aliphatic hydroxyl groups is 1. The maximum absolute atomic E-state index is 12.3. The molecule has 0 spiro atoms. The Morgan fingerprint density at radius 1 is 1.17 bits per heavy atom. The number of hydrogen-bond acceptors (Lipinski definition) is 3. The van der Waals surface area contributed by atoms with E-state index in [2.05, 4.69) is 5.32 Å². The summed E-state index contributed by atoms with van der Waals surface area (Å²) in [6.07, 6.45) is -0.626. The van der Waals surface area contributed by atoms with Gasteiger partial charge in [-0.2, -0.15) is 0 Å². The van der Waals surface area contributed by atoms with Crippen molar-refractivity contribution in [3.8, 4) is 5.75 Å². The van der Waals surface area contributed by atoms with Gasteiger partial charge in [-0.05, 0) is 11.6 Å². The SMILES string of the molecule is CC1c2ccccc2OC1C(=O)NCC(O)Cc1ccccc1. The third-order valence-corrected chi connectivity index (χ3v) is 4.20. The molecular formula is C19H21NO3. The first-order valence-corrected chi connectivity index (χ1v) is 7.90. The smallest absolute Gasteiger partial charge is 0.261 e. The van der Waals surface area contributed by atoms with Gasteiger partial charge in [-0.15, -0.1) is 0 Å². The summed E-state index contributed by atoms with van der Waals surface area (Å²) in [5.41, 5.74) is 2.10. The van der Waals surface area contributed by atoms with Crippen LogP contribution in [0.5, 0.6) is 5.75 Å². The summed E-state index contributed by atoms with van der Waals surface area (Å²) >= 11 is 0. The summed E-state index contributed by atoms with van der Waals surface area (Å²) in [5.74, 6) is 0.600. The fraction of sp³-hybridized carbons (Fsp3) is 0.316. The molecule has 2 N–H and O–H groups in total. The fourth-order valence-electron chi connectivity index (χ4n) is 2.92. The second kappa shape index (κ2) is 6.84. The Balaban J connectivity index is 1.52. The normalized spacial score (nSPS) is 20.4. The van der Waals surface area contributed by atoms with Gasteiger partial charge in [-0.1, -0.05) is 55.5 Å². The van der Waals surface area contributed by atoms with Crippen molar-refractivity contribution < 1.29 is 14.6 Å². The molecule has 3 unspecified atom stereocenters. The Hall–Kier alpha value is -2.33. The van der Waals surface area contributed by atoms with Gasteiger partial charge in [-0.3, -0.25) is 4.79 Å². The zero-order valence-electron chi connectivity index (χ0n) is 13.1. The summed E-state index contributed by atoms with van der Waals surface area (Å²) in [5, 5.41) is 12.9. The van der Waals surface area contributed by atoms with Gasteiger partial charge in [-0.25, -0.2) is 0 Å². The molecule has 2 aromatic rings. The van der Waals surface area contributed by atoms with Crippen LogP contribution in [-0.2, 0) is 11.2 Å². The average Bonchev–Trinajstić information content (AvgIpc) is 2.91. The number of hydrogen-bond donors (Lipinski definition) is 2. The lowest BCUT2D eigenvalue weighted by Gasteiger charge is -2.17. The number of fused-ring (bicyclic) bond motifs is 1. The molecule has 0 aromatic heterocycles. The van der Waals surface area contributed by atoms with Crippen molar-refractivity contribution in [3.63, 3.8) is 0 Å². The highest BCUT2D eigenvalue weighted by molar-refractivity contribution is 5.83. The summed E-state index contributed by atoms with van der Waals surface area (Å²) in [7, 11) is 0. The number of amides is 1. The standard InChI is InChI=1S/C19H21NO3/c1-13-16-9-5-6-10-17(16)23-18(13)19(22)20-12-15(21)11-14-7-3-2-4-8-14/h2-10,13,15,18,21H,11-12H2,1H3,(H,20,22). The van der Waals surface area contributed by atoms with Crippen LogP contribution in [0.4, 0.5) is 0 Å². The van der Waals surface area contributed by atoms with Gasteiger partial charge in [0.2, 0.25) is 0 Å². The van der Waals surface area contributed by atoms with Crippen molar-refractivity contribution in [2.45, 2.75) is 31.5 Å². The van der Waals surface area contributed by atoms with Gasteiger partial charge in [0, 0.05) is 24.4 Å². The highest BCUT2D eigenvalue weighted by Crippen LogP contribution is 2.37. The number of rotatable bonds is 5. The summed E-state index contributed by atoms with van der Waals surface area (Å²) in [4.78, 5) is 12.3. The maximum atomic E-state index is 12.3. The van der Waals surface area contributed by atoms with Crippen LogP contribution in [0, 0.1) is 0 Å². The monoisotopic (exact) mass is 311 g/mol.